The van der Waals surface area contributed by atoms with Crippen LogP contribution in [0.1, 0.15) is 6.92 Å². The van der Waals surface area contributed by atoms with E-state index in [0.29, 0.717) is 11.6 Å². The number of nitrogens with one attached hydrogen (secondary N) is 1. The fourth-order valence-electron chi connectivity index (χ4n) is 1.54. The Bertz CT molecular complexity index is 467. The van der Waals surface area contributed by atoms with Gasteiger partial charge in [0, 0.05) is 18.4 Å². The molecule has 2 aromatic rings. The molecule has 0 amide bonds. The van der Waals surface area contributed by atoms with Crippen molar-refractivity contribution in [1.29, 1.82) is 0 Å². The van der Waals surface area contributed by atoms with Gasteiger partial charge in [0.1, 0.15) is 0 Å². The summed E-state index contributed by atoms with van der Waals surface area (Å²) in [5.74, 6) is 1.04. The fourth-order valence-corrected chi connectivity index (χ4v) is 2.34. The molecule has 92 valence electrons. The number of anilines is 2. The smallest absolute Gasteiger partial charge is 0.197 e. The van der Waals surface area contributed by atoms with Crippen molar-refractivity contribution >= 4 is 22.4 Å². The normalized spacial score (nSPS) is 12.4. The molecule has 3 N–H and O–H groups in total. The highest BCUT2D eigenvalue weighted by atomic mass is 32.1. The lowest BCUT2D eigenvalue weighted by atomic mass is 10.3. The summed E-state index contributed by atoms with van der Waals surface area (Å²) in [4.78, 5) is 0. The molecule has 0 bridgehead atoms. The van der Waals surface area contributed by atoms with Gasteiger partial charge in [-0.3, -0.25) is 4.68 Å². The van der Waals surface area contributed by atoms with Gasteiger partial charge in [0.25, 0.3) is 0 Å². The van der Waals surface area contributed by atoms with Crippen LogP contribution in [0, 0.1) is 0 Å². The van der Waals surface area contributed by atoms with E-state index >= 15 is 0 Å². The molecular formula is C10H15N5OS. The number of nitrogen functional groups attached to an aromatic ring is 1. The van der Waals surface area contributed by atoms with Gasteiger partial charge in [0.15, 0.2) is 16.6 Å². The van der Waals surface area contributed by atoms with Gasteiger partial charge in [0.2, 0.25) is 0 Å². The molecule has 0 aromatic carbocycles. The quantitative estimate of drug-likeness (QED) is 0.843. The highest BCUT2D eigenvalue weighted by molar-refractivity contribution is 7.11. The van der Waals surface area contributed by atoms with Crippen molar-refractivity contribution in [2.45, 2.75) is 19.5 Å². The first-order valence-corrected chi connectivity index (χ1v) is 6.01. The van der Waals surface area contributed by atoms with Crippen LogP contribution in [0.15, 0.2) is 18.5 Å². The van der Waals surface area contributed by atoms with E-state index in [-0.39, 0.29) is 6.04 Å². The first-order valence-electron chi connectivity index (χ1n) is 5.23. The maximum absolute atomic E-state index is 5.68. The van der Waals surface area contributed by atoms with Crippen molar-refractivity contribution in [1.82, 2.24) is 14.2 Å². The van der Waals surface area contributed by atoms with Crippen molar-refractivity contribution in [3.8, 4) is 5.75 Å². The van der Waals surface area contributed by atoms with Crippen LogP contribution in [-0.4, -0.2) is 27.3 Å². The second-order valence-corrected chi connectivity index (χ2v) is 4.48. The average Bonchev–Trinajstić information content (AvgIpc) is 2.89. The van der Waals surface area contributed by atoms with E-state index < -0.39 is 0 Å². The van der Waals surface area contributed by atoms with Gasteiger partial charge in [-0.2, -0.15) is 9.47 Å². The summed E-state index contributed by atoms with van der Waals surface area (Å²) >= 11 is 1.30. The number of hydrogen-bond donors (Lipinski definition) is 2. The van der Waals surface area contributed by atoms with Crippen molar-refractivity contribution in [2.75, 3.05) is 18.2 Å². The van der Waals surface area contributed by atoms with E-state index in [1.54, 1.807) is 13.3 Å². The van der Waals surface area contributed by atoms with Crippen LogP contribution < -0.4 is 15.8 Å². The summed E-state index contributed by atoms with van der Waals surface area (Å²) in [6.07, 6.45) is 3.69. The largest absolute Gasteiger partial charge is 0.490 e. The predicted molar refractivity (Wildman–Crippen MR) is 68.4 cm³/mol. The summed E-state index contributed by atoms with van der Waals surface area (Å²) in [5, 5.41) is 8.32. The number of aromatic nitrogens is 3. The zero-order valence-corrected chi connectivity index (χ0v) is 10.6. The Morgan fingerprint density at radius 1 is 1.65 bits per heavy atom. The van der Waals surface area contributed by atoms with E-state index in [1.807, 2.05) is 16.9 Å². The Hall–Kier alpha value is -1.76. The molecule has 0 saturated heterocycles. The maximum atomic E-state index is 5.68. The lowest BCUT2D eigenvalue weighted by Gasteiger charge is -2.14. The van der Waals surface area contributed by atoms with Crippen molar-refractivity contribution in [3.05, 3.63) is 18.5 Å². The van der Waals surface area contributed by atoms with Crippen LogP contribution >= 0.6 is 11.5 Å². The van der Waals surface area contributed by atoms with Crippen LogP contribution in [-0.2, 0) is 6.54 Å². The van der Waals surface area contributed by atoms with Crippen LogP contribution in [0.3, 0.4) is 0 Å². The summed E-state index contributed by atoms with van der Waals surface area (Å²) in [6.45, 7) is 2.84. The topological polar surface area (TPSA) is 78.0 Å². The van der Waals surface area contributed by atoms with Crippen molar-refractivity contribution < 1.29 is 4.74 Å². The minimum atomic E-state index is 0.212. The number of hydrogen-bond acceptors (Lipinski definition) is 6. The van der Waals surface area contributed by atoms with E-state index in [2.05, 4.69) is 21.7 Å². The van der Waals surface area contributed by atoms with Crippen molar-refractivity contribution in [3.63, 3.8) is 0 Å². The van der Waals surface area contributed by atoms with Gasteiger partial charge in [-0.15, -0.1) is 0 Å². The minimum absolute atomic E-state index is 0.212. The Balaban J connectivity index is 2.00. The van der Waals surface area contributed by atoms with Gasteiger partial charge in [-0.25, -0.2) is 0 Å². The molecule has 2 rings (SSSR count). The molecule has 17 heavy (non-hydrogen) atoms. The van der Waals surface area contributed by atoms with Gasteiger partial charge < -0.3 is 15.8 Å². The van der Waals surface area contributed by atoms with Gasteiger partial charge in [-0.1, -0.05) is 0 Å². The third-order valence-corrected chi connectivity index (χ3v) is 3.05. The second-order valence-electron chi connectivity index (χ2n) is 3.70. The number of ether oxygens (including phenoxy) is 1. The molecule has 0 aliphatic heterocycles. The molecule has 1 atom stereocenters. The number of nitrogens with zero attached hydrogens (tertiary/aromatic N) is 3. The summed E-state index contributed by atoms with van der Waals surface area (Å²) in [5.41, 5.74) is 5.68. The highest BCUT2D eigenvalue weighted by Gasteiger charge is 2.14. The molecule has 0 aliphatic carbocycles. The van der Waals surface area contributed by atoms with Gasteiger partial charge >= 0.3 is 0 Å². The molecule has 7 heteroatoms. The zero-order valence-electron chi connectivity index (χ0n) is 9.75. The molecule has 0 saturated carbocycles. The molecule has 1 unspecified atom stereocenters. The maximum Gasteiger partial charge on any atom is 0.197 e. The predicted octanol–water partition coefficient (Wildman–Crippen LogP) is 1.43. The lowest BCUT2D eigenvalue weighted by molar-refractivity contribution is 0.418. The third kappa shape index (κ3) is 2.68. The Kier molecular flexibility index (Phi) is 3.48. The van der Waals surface area contributed by atoms with E-state index in [9.17, 15) is 0 Å². The Morgan fingerprint density at radius 2 is 2.47 bits per heavy atom. The van der Waals surface area contributed by atoms with Crippen molar-refractivity contribution in [2.24, 2.45) is 0 Å². The second kappa shape index (κ2) is 5.05. The van der Waals surface area contributed by atoms with E-state index in [4.69, 9.17) is 10.5 Å². The van der Waals surface area contributed by atoms with Crippen LogP contribution in [0.25, 0.3) is 0 Å². The molecule has 0 fully saturated rings. The van der Waals surface area contributed by atoms with E-state index in [0.717, 1.165) is 11.5 Å². The van der Waals surface area contributed by atoms with E-state index in [1.165, 1.54) is 11.5 Å². The number of nitrogens with two attached hydrogens (primary N) is 1. The average molecular weight is 253 g/mol. The van der Waals surface area contributed by atoms with Gasteiger partial charge in [0.05, 0.1) is 13.7 Å². The van der Waals surface area contributed by atoms with Crippen LogP contribution in [0.2, 0.25) is 0 Å². The Labute approximate surface area is 104 Å². The monoisotopic (exact) mass is 253 g/mol. The van der Waals surface area contributed by atoms with Gasteiger partial charge in [-0.05, 0) is 24.5 Å². The third-order valence-electron chi connectivity index (χ3n) is 2.28. The fraction of sp³-hybridized carbons (Fsp3) is 0.400. The Morgan fingerprint density at radius 3 is 3.12 bits per heavy atom. The lowest BCUT2D eigenvalue weighted by Crippen LogP contribution is -2.21. The SMILES string of the molecule is COc1c(N)nsc1NC(C)Cn1cccn1. The summed E-state index contributed by atoms with van der Waals surface area (Å²) in [6, 6.07) is 2.11. The number of rotatable bonds is 5. The molecular weight excluding hydrogens is 238 g/mol. The minimum Gasteiger partial charge on any atom is -0.490 e. The highest BCUT2D eigenvalue weighted by Crippen LogP contribution is 2.35. The van der Waals surface area contributed by atoms with Crippen LogP contribution in [0.5, 0.6) is 5.75 Å². The first-order chi connectivity index (χ1) is 8.20. The molecule has 0 radical (unpaired) electrons. The number of methoxy groups -OCH3 is 1. The standard InChI is InChI=1S/C10H15N5OS/c1-7(6-15-5-3-4-12-15)13-10-8(16-2)9(11)14-17-10/h3-5,7,13H,6H2,1-2H3,(H2,11,14). The zero-order chi connectivity index (χ0) is 12.3. The van der Waals surface area contributed by atoms with Crippen LogP contribution in [0.4, 0.5) is 10.8 Å². The molecule has 2 heterocycles. The molecule has 0 aliphatic rings. The summed E-state index contributed by atoms with van der Waals surface area (Å²) < 4.78 is 11.1. The molecule has 2 aromatic heterocycles. The summed E-state index contributed by atoms with van der Waals surface area (Å²) in [7, 11) is 1.59. The molecule has 0 spiro atoms. The molecule has 6 nitrogen and oxygen atoms in total. The first kappa shape index (κ1) is 11.7.